The molecular weight excluding hydrogens is 236 g/mol. The first-order valence-corrected chi connectivity index (χ1v) is 5.58. The molecular formula is C13H13F2N3. The molecule has 0 aliphatic carbocycles. The molecule has 1 aromatic carbocycles. The highest BCUT2D eigenvalue weighted by molar-refractivity contribution is 5.21. The first-order chi connectivity index (χ1) is 8.70. The molecule has 0 bridgehead atoms. The van der Waals surface area contributed by atoms with Gasteiger partial charge in [-0.1, -0.05) is 6.07 Å². The van der Waals surface area contributed by atoms with E-state index in [1.807, 2.05) is 0 Å². The summed E-state index contributed by atoms with van der Waals surface area (Å²) in [5, 5.41) is 3.05. The number of benzene rings is 1. The normalized spacial score (nSPS) is 12.4. The third kappa shape index (κ3) is 2.87. The standard InChI is InChI=1S/C13H13F2N3/c1-16-12(13-8-17-4-5-18-13)6-9-2-3-10(14)7-11(9)15/h2-5,7-8,12,16H,6H2,1H3. The summed E-state index contributed by atoms with van der Waals surface area (Å²) in [6.45, 7) is 0. The predicted molar refractivity (Wildman–Crippen MR) is 63.9 cm³/mol. The Labute approximate surface area is 104 Å². The van der Waals surface area contributed by atoms with Gasteiger partial charge in [-0.3, -0.25) is 9.97 Å². The van der Waals surface area contributed by atoms with Crippen LogP contribution in [0.5, 0.6) is 0 Å². The highest BCUT2D eigenvalue weighted by atomic mass is 19.1. The summed E-state index contributed by atoms with van der Waals surface area (Å²) in [7, 11) is 1.76. The van der Waals surface area contributed by atoms with Crippen LogP contribution in [0.3, 0.4) is 0 Å². The Morgan fingerprint density at radius 1 is 1.28 bits per heavy atom. The van der Waals surface area contributed by atoms with Crippen LogP contribution in [0.2, 0.25) is 0 Å². The SMILES string of the molecule is CNC(Cc1ccc(F)cc1F)c1cnccn1. The van der Waals surface area contributed by atoms with Crippen molar-refractivity contribution >= 4 is 0 Å². The van der Waals surface area contributed by atoms with Gasteiger partial charge in [0.05, 0.1) is 11.7 Å². The number of rotatable bonds is 4. The minimum Gasteiger partial charge on any atom is -0.311 e. The first-order valence-electron chi connectivity index (χ1n) is 5.58. The molecule has 0 radical (unpaired) electrons. The molecule has 0 aliphatic rings. The van der Waals surface area contributed by atoms with Crippen molar-refractivity contribution < 1.29 is 8.78 Å². The van der Waals surface area contributed by atoms with E-state index in [-0.39, 0.29) is 6.04 Å². The highest BCUT2D eigenvalue weighted by Gasteiger charge is 2.14. The fraction of sp³-hybridized carbons (Fsp3) is 0.231. The average molecular weight is 249 g/mol. The van der Waals surface area contributed by atoms with Crippen LogP contribution >= 0.6 is 0 Å². The molecule has 2 aromatic rings. The molecule has 0 aliphatic heterocycles. The maximum absolute atomic E-state index is 13.6. The van der Waals surface area contributed by atoms with E-state index in [9.17, 15) is 8.78 Å². The van der Waals surface area contributed by atoms with Crippen molar-refractivity contribution in [1.29, 1.82) is 0 Å². The van der Waals surface area contributed by atoms with Crippen LogP contribution in [0.4, 0.5) is 8.78 Å². The Bertz CT molecular complexity index is 517. The van der Waals surface area contributed by atoms with E-state index in [2.05, 4.69) is 15.3 Å². The average Bonchev–Trinajstić information content (AvgIpc) is 2.39. The fourth-order valence-corrected chi connectivity index (χ4v) is 1.75. The van der Waals surface area contributed by atoms with Gasteiger partial charge in [-0.2, -0.15) is 0 Å². The van der Waals surface area contributed by atoms with Gasteiger partial charge in [0.1, 0.15) is 11.6 Å². The number of nitrogens with zero attached hydrogens (tertiary/aromatic N) is 2. The Morgan fingerprint density at radius 2 is 2.11 bits per heavy atom. The molecule has 1 N–H and O–H groups in total. The number of halogens is 2. The van der Waals surface area contributed by atoms with Gasteiger partial charge in [0.2, 0.25) is 0 Å². The van der Waals surface area contributed by atoms with E-state index < -0.39 is 11.6 Å². The molecule has 1 aromatic heterocycles. The summed E-state index contributed by atoms with van der Waals surface area (Å²) in [4.78, 5) is 8.15. The van der Waals surface area contributed by atoms with E-state index in [0.717, 1.165) is 11.8 Å². The van der Waals surface area contributed by atoms with Crippen LogP contribution in [0.15, 0.2) is 36.8 Å². The van der Waals surface area contributed by atoms with Crippen molar-refractivity contribution in [2.45, 2.75) is 12.5 Å². The van der Waals surface area contributed by atoms with E-state index in [1.165, 1.54) is 12.1 Å². The minimum absolute atomic E-state index is 0.154. The fourth-order valence-electron chi connectivity index (χ4n) is 1.75. The third-order valence-corrected chi connectivity index (χ3v) is 2.73. The molecule has 1 unspecified atom stereocenters. The Balaban J connectivity index is 2.21. The summed E-state index contributed by atoms with van der Waals surface area (Å²) < 4.78 is 26.4. The van der Waals surface area contributed by atoms with Crippen molar-refractivity contribution in [3.8, 4) is 0 Å². The second-order valence-electron chi connectivity index (χ2n) is 3.91. The molecule has 0 saturated heterocycles. The summed E-state index contributed by atoms with van der Waals surface area (Å²) in [6.07, 6.45) is 5.18. The lowest BCUT2D eigenvalue weighted by Gasteiger charge is -2.15. The molecule has 0 spiro atoms. The van der Waals surface area contributed by atoms with Gasteiger partial charge < -0.3 is 5.32 Å². The number of nitrogens with one attached hydrogen (secondary N) is 1. The van der Waals surface area contributed by atoms with E-state index in [1.54, 1.807) is 25.6 Å². The Morgan fingerprint density at radius 3 is 2.72 bits per heavy atom. The quantitative estimate of drug-likeness (QED) is 0.903. The van der Waals surface area contributed by atoms with Crippen LogP contribution in [0.25, 0.3) is 0 Å². The van der Waals surface area contributed by atoms with Crippen LogP contribution in [-0.2, 0) is 6.42 Å². The maximum Gasteiger partial charge on any atom is 0.129 e. The van der Waals surface area contributed by atoms with Gasteiger partial charge in [0.15, 0.2) is 0 Å². The van der Waals surface area contributed by atoms with Crippen molar-refractivity contribution in [3.63, 3.8) is 0 Å². The molecule has 3 nitrogen and oxygen atoms in total. The smallest absolute Gasteiger partial charge is 0.129 e. The van der Waals surface area contributed by atoms with Gasteiger partial charge in [0, 0.05) is 24.7 Å². The van der Waals surface area contributed by atoms with Gasteiger partial charge in [-0.15, -0.1) is 0 Å². The second-order valence-corrected chi connectivity index (χ2v) is 3.91. The second kappa shape index (κ2) is 5.64. The zero-order valence-corrected chi connectivity index (χ0v) is 9.90. The third-order valence-electron chi connectivity index (χ3n) is 2.73. The van der Waals surface area contributed by atoms with Crippen LogP contribution in [-0.4, -0.2) is 17.0 Å². The lowest BCUT2D eigenvalue weighted by Crippen LogP contribution is -2.20. The van der Waals surface area contributed by atoms with Crippen LogP contribution in [0.1, 0.15) is 17.3 Å². The molecule has 94 valence electrons. The summed E-state index contributed by atoms with van der Waals surface area (Å²) in [5.74, 6) is -1.11. The van der Waals surface area contributed by atoms with Crippen molar-refractivity contribution in [2.75, 3.05) is 7.05 Å². The van der Waals surface area contributed by atoms with Gasteiger partial charge in [-0.25, -0.2) is 8.78 Å². The van der Waals surface area contributed by atoms with E-state index in [4.69, 9.17) is 0 Å². The van der Waals surface area contributed by atoms with Crippen LogP contribution < -0.4 is 5.32 Å². The number of likely N-dealkylation sites (N-methyl/N-ethyl adjacent to an activating group) is 1. The lowest BCUT2D eigenvalue weighted by molar-refractivity contribution is 0.533. The largest absolute Gasteiger partial charge is 0.311 e. The minimum atomic E-state index is -0.572. The van der Waals surface area contributed by atoms with Crippen LogP contribution in [0, 0.1) is 11.6 Å². The zero-order chi connectivity index (χ0) is 13.0. The van der Waals surface area contributed by atoms with Gasteiger partial charge in [0.25, 0.3) is 0 Å². The monoisotopic (exact) mass is 249 g/mol. The zero-order valence-electron chi connectivity index (χ0n) is 9.90. The lowest BCUT2D eigenvalue weighted by atomic mass is 10.0. The van der Waals surface area contributed by atoms with Gasteiger partial charge in [-0.05, 0) is 25.1 Å². The molecule has 18 heavy (non-hydrogen) atoms. The molecule has 0 amide bonds. The Kier molecular flexibility index (Phi) is 3.94. The van der Waals surface area contributed by atoms with Gasteiger partial charge >= 0.3 is 0 Å². The Hall–Kier alpha value is -1.88. The highest BCUT2D eigenvalue weighted by Crippen LogP contribution is 2.18. The summed E-state index contributed by atoms with van der Waals surface area (Å²) in [5.41, 5.74) is 1.17. The van der Waals surface area contributed by atoms with Crippen molar-refractivity contribution in [1.82, 2.24) is 15.3 Å². The molecule has 0 saturated carbocycles. The summed E-state index contributed by atoms with van der Waals surface area (Å²) >= 11 is 0. The first kappa shape index (κ1) is 12.6. The molecule has 2 rings (SSSR count). The maximum atomic E-state index is 13.6. The van der Waals surface area contributed by atoms with Crippen molar-refractivity contribution in [2.24, 2.45) is 0 Å². The van der Waals surface area contributed by atoms with E-state index >= 15 is 0 Å². The van der Waals surface area contributed by atoms with Crippen molar-refractivity contribution in [3.05, 3.63) is 59.7 Å². The molecule has 1 atom stereocenters. The number of aromatic nitrogens is 2. The number of hydrogen-bond acceptors (Lipinski definition) is 3. The topological polar surface area (TPSA) is 37.8 Å². The molecule has 5 heteroatoms. The summed E-state index contributed by atoms with van der Waals surface area (Å²) in [6, 6.07) is 3.44. The number of hydrogen-bond donors (Lipinski definition) is 1. The predicted octanol–water partition coefficient (Wildman–Crippen LogP) is 2.26. The van der Waals surface area contributed by atoms with E-state index in [0.29, 0.717) is 12.0 Å². The molecule has 0 fully saturated rings. The molecule has 1 heterocycles.